The third kappa shape index (κ3) is 2.50. The Morgan fingerprint density at radius 1 is 1.36 bits per heavy atom. The minimum Gasteiger partial charge on any atom is -0.460 e. The molecule has 0 aromatic heterocycles. The fraction of sp³-hybridized carbons (Fsp3) is 0.222. The van der Waals surface area contributed by atoms with Crippen LogP contribution < -0.4 is 0 Å². The summed E-state index contributed by atoms with van der Waals surface area (Å²) in [5.74, 6) is -2.93. The zero-order chi connectivity index (χ0) is 10.6. The van der Waals surface area contributed by atoms with Gasteiger partial charge in [-0.15, -0.1) is 0 Å². The first-order valence-electron chi connectivity index (χ1n) is 3.88. The van der Waals surface area contributed by atoms with Gasteiger partial charge in [-0.2, -0.15) is 0 Å². The van der Waals surface area contributed by atoms with Gasteiger partial charge in [-0.25, -0.2) is 13.6 Å². The number of hydrogen-bond acceptors (Lipinski definition) is 3. The molecular weight excluding hydrogens is 194 g/mol. The number of aliphatic hydroxyl groups excluding tert-OH is 1. The summed E-state index contributed by atoms with van der Waals surface area (Å²) < 4.78 is 29.6. The molecule has 0 amide bonds. The second-order valence-electron chi connectivity index (χ2n) is 2.49. The monoisotopic (exact) mass is 202 g/mol. The first-order valence-corrected chi connectivity index (χ1v) is 3.88. The molecule has 0 bridgehead atoms. The summed E-state index contributed by atoms with van der Waals surface area (Å²) >= 11 is 0. The molecule has 1 rings (SSSR count). The fourth-order valence-electron chi connectivity index (χ4n) is 0.845. The van der Waals surface area contributed by atoms with E-state index in [1.54, 1.807) is 0 Å². The molecule has 0 saturated carbocycles. The molecule has 1 aromatic carbocycles. The van der Waals surface area contributed by atoms with Crippen molar-refractivity contribution in [3.05, 3.63) is 35.4 Å². The molecule has 0 saturated heterocycles. The van der Waals surface area contributed by atoms with Gasteiger partial charge in [0.15, 0.2) is 11.6 Å². The van der Waals surface area contributed by atoms with Crippen LogP contribution in [0.2, 0.25) is 0 Å². The average Bonchev–Trinajstić information content (AvgIpc) is 2.18. The fourth-order valence-corrected chi connectivity index (χ4v) is 0.845. The summed E-state index contributed by atoms with van der Waals surface area (Å²) in [4.78, 5) is 11.0. The van der Waals surface area contributed by atoms with E-state index < -0.39 is 17.6 Å². The van der Waals surface area contributed by atoms with Crippen LogP contribution in [0.1, 0.15) is 10.4 Å². The Kier molecular flexibility index (Phi) is 3.53. The maximum atomic E-state index is 12.6. The number of aliphatic hydroxyl groups is 1. The molecule has 0 atom stereocenters. The molecule has 76 valence electrons. The van der Waals surface area contributed by atoms with Crippen LogP contribution in [0.3, 0.4) is 0 Å². The molecule has 0 spiro atoms. The highest BCUT2D eigenvalue weighted by Crippen LogP contribution is 2.09. The third-order valence-corrected chi connectivity index (χ3v) is 1.48. The van der Waals surface area contributed by atoms with E-state index in [0.29, 0.717) is 0 Å². The topological polar surface area (TPSA) is 46.5 Å². The smallest absolute Gasteiger partial charge is 0.338 e. The summed E-state index contributed by atoms with van der Waals surface area (Å²) in [7, 11) is 0. The Bertz CT molecular complexity index is 339. The van der Waals surface area contributed by atoms with E-state index in [2.05, 4.69) is 4.74 Å². The van der Waals surface area contributed by atoms with Crippen LogP contribution in [0.4, 0.5) is 8.78 Å². The van der Waals surface area contributed by atoms with Crippen molar-refractivity contribution < 1.29 is 23.4 Å². The maximum Gasteiger partial charge on any atom is 0.338 e. The van der Waals surface area contributed by atoms with Crippen molar-refractivity contribution in [1.82, 2.24) is 0 Å². The van der Waals surface area contributed by atoms with Crippen molar-refractivity contribution >= 4 is 5.97 Å². The highest BCUT2D eigenvalue weighted by atomic mass is 19.2. The van der Waals surface area contributed by atoms with Crippen molar-refractivity contribution in [2.75, 3.05) is 13.2 Å². The molecule has 5 heteroatoms. The molecule has 0 aliphatic carbocycles. The van der Waals surface area contributed by atoms with Crippen molar-refractivity contribution in [1.29, 1.82) is 0 Å². The standard InChI is InChI=1S/C9H8F2O3/c10-7-2-1-6(5-8(7)11)9(13)14-4-3-12/h1-2,5,12H,3-4H2. The molecule has 0 unspecified atom stereocenters. The molecule has 1 N–H and O–H groups in total. The number of carbonyl (C=O) groups is 1. The van der Waals surface area contributed by atoms with Crippen LogP contribution in [0.5, 0.6) is 0 Å². The lowest BCUT2D eigenvalue weighted by molar-refractivity contribution is 0.0433. The largest absolute Gasteiger partial charge is 0.460 e. The van der Waals surface area contributed by atoms with Gasteiger partial charge in [0.1, 0.15) is 6.61 Å². The van der Waals surface area contributed by atoms with Crippen LogP contribution in [0.15, 0.2) is 18.2 Å². The van der Waals surface area contributed by atoms with Crippen molar-refractivity contribution in [3.8, 4) is 0 Å². The number of halogens is 2. The zero-order valence-corrected chi connectivity index (χ0v) is 7.17. The lowest BCUT2D eigenvalue weighted by Crippen LogP contribution is -2.09. The molecule has 0 radical (unpaired) electrons. The first kappa shape index (κ1) is 10.6. The van der Waals surface area contributed by atoms with E-state index in [1.807, 2.05) is 0 Å². The molecule has 0 heterocycles. The molecular formula is C9H8F2O3. The van der Waals surface area contributed by atoms with Crippen LogP contribution in [0, 0.1) is 11.6 Å². The Balaban J connectivity index is 2.76. The number of ether oxygens (including phenoxy) is 1. The summed E-state index contributed by atoms with van der Waals surface area (Å²) in [6.45, 7) is -0.479. The molecule has 0 aliphatic rings. The minimum absolute atomic E-state index is 0.0858. The molecule has 0 fully saturated rings. The van der Waals surface area contributed by atoms with Crippen LogP contribution in [0.25, 0.3) is 0 Å². The number of hydrogen-bond donors (Lipinski definition) is 1. The summed E-state index contributed by atoms with van der Waals surface area (Å²) in [5, 5.41) is 8.35. The second-order valence-corrected chi connectivity index (χ2v) is 2.49. The van der Waals surface area contributed by atoms with Gasteiger partial charge in [0.2, 0.25) is 0 Å². The number of carbonyl (C=O) groups excluding carboxylic acids is 1. The van der Waals surface area contributed by atoms with E-state index in [-0.39, 0.29) is 18.8 Å². The molecule has 1 aromatic rings. The SMILES string of the molecule is O=C(OCCO)c1ccc(F)c(F)c1. The normalized spacial score (nSPS) is 9.93. The summed E-state index contributed by atoms with van der Waals surface area (Å²) in [6, 6.07) is 2.69. The first-order chi connectivity index (χ1) is 6.65. The van der Waals surface area contributed by atoms with E-state index in [4.69, 9.17) is 5.11 Å². The lowest BCUT2D eigenvalue weighted by atomic mass is 10.2. The number of esters is 1. The van der Waals surface area contributed by atoms with Gasteiger partial charge in [-0.3, -0.25) is 0 Å². The van der Waals surface area contributed by atoms with Crippen molar-refractivity contribution in [2.24, 2.45) is 0 Å². The Morgan fingerprint density at radius 2 is 2.07 bits per heavy atom. The quantitative estimate of drug-likeness (QED) is 0.747. The Labute approximate surface area is 78.9 Å². The van der Waals surface area contributed by atoms with Crippen molar-refractivity contribution in [2.45, 2.75) is 0 Å². The Hall–Kier alpha value is -1.49. The average molecular weight is 202 g/mol. The number of rotatable bonds is 3. The summed E-state index contributed by atoms with van der Waals surface area (Å²) in [5.41, 5.74) is -0.0858. The van der Waals surface area contributed by atoms with Gasteiger partial charge in [0.05, 0.1) is 12.2 Å². The second kappa shape index (κ2) is 4.66. The van der Waals surface area contributed by atoms with Crippen molar-refractivity contribution in [3.63, 3.8) is 0 Å². The molecule has 14 heavy (non-hydrogen) atoms. The highest BCUT2D eigenvalue weighted by Gasteiger charge is 2.10. The lowest BCUT2D eigenvalue weighted by Gasteiger charge is -2.02. The summed E-state index contributed by atoms with van der Waals surface area (Å²) in [6.07, 6.45) is 0. The van der Waals surface area contributed by atoms with Gasteiger partial charge in [0, 0.05) is 0 Å². The van der Waals surface area contributed by atoms with Crippen LogP contribution in [-0.2, 0) is 4.74 Å². The van der Waals surface area contributed by atoms with E-state index in [9.17, 15) is 13.6 Å². The van der Waals surface area contributed by atoms with E-state index >= 15 is 0 Å². The predicted molar refractivity (Wildman–Crippen MR) is 43.7 cm³/mol. The number of benzene rings is 1. The van der Waals surface area contributed by atoms with Gasteiger partial charge in [0.25, 0.3) is 0 Å². The predicted octanol–water partition coefficient (Wildman–Crippen LogP) is 1.11. The molecule has 3 nitrogen and oxygen atoms in total. The Morgan fingerprint density at radius 3 is 2.64 bits per heavy atom. The van der Waals surface area contributed by atoms with Gasteiger partial charge in [-0.1, -0.05) is 0 Å². The van der Waals surface area contributed by atoms with E-state index in [1.165, 1.54) is 0 Å². The third-order valence-electron chi connectivity index (χ3n) is 1.48. The highest BCUT2D eigenvalue weighted by molar-refractivity contribution is 5.89. The van der Waals surface area contributed by atoms with Gasteiger partial charge < -0.3 is 9.84 Å². The maximum absolute atomic E-state index is 12.6. The van der Waals surface area contributed by atoms with Gasteiger partial charge >= 0.3 is 5.97 Å². The van der Waals surface area contributed by atoms with Crippen LogP contribution in [-0.4, -0.2) is 24.3 Å². The van der Waals surface area contributed by atoms with E-state index in [0.717, 1.165) is 18.2 Å². The minimum atomic E-state index is -1.11. The van der Waals surface area contributed by atoms with Gasteiger partial charge in [-0.05, 0) is 18.2 Å². The molecule has 0 aliphatic heterocycles. The van der Waals surface area contributed by atoms with Crippen LogP contribution >= 0.6 is 0 Å². The zero-order valence-electron chi connectivity index (χ0n) is 7.17.